The molecule has 0 aromatic heterocycles. The van der Waals surface area contributed by atoms with Crippen molar-refractivity contribution in [3.63, 3.8) is 0 Å². The van der Waals surface area contributed by atoms with Crippen molar-refractivity contribution in [2.45, 2.75) is 45.8 Å². The Kier molecular flexibility index (Phi) is 3.72. The summed E-state index contributed by atoms with van der Waals surface area (Å²) in [6, 6.07) is 0.371. The largest absolute Gasteiger partial charge is 0.375 e. The number of amidine groups is 1. The minimum absolute atomic E-state index is 0.272. The number of ether oxygens (including phenoxy) is 1. The number of rotatable bonds is 2. The van der Waals surface area contributed by atoms with E-state index in [0.717, 1.165) is 31.8 Å². The van der Waals surface area contributed by atoms with Crippen molar-refractivity contribution in [2.75, 3.05) is 13.2 Å². The number of hydrogen-bond donors (Lipinski definition) is 1. The van der Waals surface area contributed by atoms with Crippen molar-refractivity contribution in [1.82, 2.24) is 4.90 Å². The van der Waals surface area contributed by atoms with Crippen molar-refractivity contribution >= 4 is 5.84 Å². The van der Waals surface area contributed by atoms with Gasteiger partial charge in [0.2, 0.25) is 0 Å². The predicted molar refractivity (Wildman–Crippen MR) is 54.2 cm³/mol. The summed E-state index contributed by atoms with van der Waals surface area (Å²) in [5.74, 6) is 0.769. The van der Waals surface area contributed by atoms with E-state index in [2.05, 4.69) is 25.7 Å². The van der Waals surface area contributed by atoms with Gasteiger partial charge in [-0.25, -0.2) is 0 Å². The predicted octanol–water partition coefficient (Wildman–Crippen LogP) is 1.87. The molecule has 2 atom stereocenters. The lowest BCUT2D eigenvalue weighted by Crippen LogP contribution is -2.49. The summed E-state index contributed by atoms with van der Waals surface area (Å²) in [6.45, 7) is 7.94. The van der Waals surface area contributed by atoms with Gasteiger partial charge < -0.3 is 9.64 Å². The molecule has 1 N–H and O–H groups in total. The third-order valence-corrected chi connectivity index (χ3v) is 2.44. The fourth-order valence-electron chi connectivity index (χ4n) is 1.66. The molecule has 1 aliphatic rings. The second-order valence-electron chi connectivity index (χ2n) is 3.84. The molecule has 1 heterocycles. The van der Waals surface area contributed by atoms with E-state index in [9.17, 15) is 0 Å². The molecule has 0 aromatic rings. The Balaban J connectivity index is 2.50. The molecule has 0 spiro atoms. The lowest BCUT2D eigenvalue weighted by atomic mass is 10.1. The molecule has 0 radical (unpaired) electrons. The van der Waals surface area contributed by atoms with Crippen LogP contribution < -0.4 is 0 Å². The lowest BCUT2D eigenvalue weighted by Gasteiger charge is -2.38. The van der Waals surface area contributed by atoms with E-state index >= 15 is 0 Å². The summed E-state index contributed by atoms with van der Waals surface area (Å²) >= 11 is 0. The molecule has 0 aliphatic carbocycles. The maximum atomic E-state index is 7.87. The SMILES string of the molecule is CCCC(=N)N1CC(C)OCC1C. The first-order valence-corrected chi connectivity index (χ1v) is 5.10. The monoisotopic (exact) mass is 184 g/mol. The van der Waals surface area contributed by atoms with Crippen molar-refractivity contribution in [3.05, 3.63) is 0 Å². The molecule has 1 rings (SSSR count). The van der Waals surface area contributed by atoms with Crippen LogP contribution in [0.5, 0.6) is 0 Å². The Bertz CT molecular complexity index is 182. The summed E-state index contributed by atoms with van der Waals surface area (Å²) in [7, 11) is 0. The van der Waals surface area contributed by atoms with E-state index in [0.29, 0.717) is 6.04 Å². The Hall–Kier alpha value is -0.570. The second kappa shape index (κ2) is 4.61. The Labute approximate surface area is 80.6 Å². The smallest absolute Gasteiger partial charge is 0.0961 e. The fourth-order valence-corrected chi connectivity index (χ4v) is 1.66. The number of nitrogens with zero attached hydrogens (tertiary/aromatic N) is 1. The zero-order valence-corrected chi connectivity index (χ0v) is 8.84. The van der Waals surface area contributed by atoms with E-state index in [4.69, 9.17) is 10.1 Å². The van der Waals surface area contributed by atoms with Gasteiger partial charge in [0.15, 0.2) is 0 Å². The minimum Gasteiger partial charge on any atom is -0.375 e. The highest BCUT2D eigenvalue weighted by Crippen LogP contribution is 2.13. The van der Waals surface area contributed by atoms with Gasteiger partial charge in [-0.2, -0.15) is 0 Å². The van der Waals surface area contributed by atoms with Gasteiger partial charge >= 0.3 is 0 Å². The molecule has 0 bridgehead atoms. The maximum absolute atomic E-state index is 7.87. The molecular formula is C10H20N2O. The minimum atomic E-state index is 0.272. The van der Waals surface area contributed by atoms with Gasteiger partial charge in [-0.15, -0.1) is 0 Å². The number of morpholine rings is 1. The normalized spacial score (nSPS) is 29.0. The summed E-state index contributed by atoms with van der Waals surface area (Å²) < 4.78 is 5.51. The number of nitrogens with one attached hydrogen (secondary N) is 1. The molecule has 3 nitrogen and oxygen atoms in total. The highest BCUT2D eigenvalue weighted by atomic mass is 16.5. The van der Waals surface area contributed by atoms with Crippen molar-refractivity contribution in [3.8, 4) is 0 Å². The standard InChI is InChI=1S/C10H20N2O/c1-4-5-10(11)12-6-9(3)13-7-8(12)2/h8-9,11H,4-7H2,1-3H3. The van der Waals surface area contributed by atoms with E-state index in [1.807, 2.05) is 0 Å². The first kappa shape index (κ1) is 10.5. The zero-order valence-electron chi connectivity index (χ0n) is 8.84. The Morgan fingerprint density at radius 1 is 1.54 bits per heavy atom. The zero-order chi connectivity index (χ0) is 9.84. The van der Waals surface area contributed by atoms with Gasteiger partial charge in [0.05, 0.1) is 24.6 Å². The molecule has 1 aliphatic heterocycles. The third-order valence-electron chi connectivity index (χ3n) is 2.44. The van der Waals surface area contributed by atoms with Crippen LogP contribution in [0.2, 0.25) is 0 Å². The van der Waals surface area contributed by atoms with E-state index in [-0.39, 0.29) is 6.10 Å². The molecule has 13 heavy (non-hydrogen) atoms. The van der Waals surface area contributed by atoms with Crippen molar-refractivity contribution < 1.29 is 4.74 Å². The Morgan fingerprint density at radius 2 is 2.23 bits per heavy atom. The van der Waals surface area contributed by atoms with Crippen LogP contribution >= 0.6 is 0 Å². The van der Waals surface area contributed by atoms with Crippen LogP contribution in [0.15, 0.2) is 0 Å². The summed E-state index contributed by atoms with van der Waals surface area (Å²) in [5, 5.41) is 7.87. The average Bonchev–Trinajstić information content (AvgIpc) is 2.09. The molecule has 0 aromatic carbocycles. The van der Waals surface area contributed by atoms with Gasteiger partial charge in [-0.1, -0.05) is 6.92 Å². The first-order valence-electron chi connectivity index (χ1n) is 5.10. The Morgan fingerprint density at radius 3 is 2.85 bits per heavy atom. The van der Waals surface area contributed by atoms with Gasteiger partial charge in [0.25, 0.3) is 0 Å². The maximum Gasteiger partial charge on any atom is 0.0961 e. The summed E-state index contributed by atoms with van der Waals surface area (Å²) in [6.07, 6.45) is 2.21. The van der Waals surface area contributed by atoms with E-state index in [1.54, 1.807) is 0 Å². The molecule has 0 amide bonds. The van der Waals surface area contributed by atoms with Crippen molar-refractivity contribution in [1.29, 1.82) is 5.41 Å². The van der Waals surface area contributed by atoms with Crippen molar-refractivity contribution in [2.24, 2.45) is 0 Å². The lowest BCUT2D eigenvalue weighted by molar-refractivity contribution is -0.0233. The van der Waals surface area contributed by atoms with Crippen LogP contribution in [0, 0.1) is 5.41 Å². The molecule has 76 valence electrons. The topological polar surface area (TPSA) is 36.3 Å². The fraction of sp³-hybridized carbons (Fsp3) is 0.900. The highest BCUT2D eigenvalue weighted by Gasteiger charge is 2.24. The van der Waals surface area contributed by atoms with E-state index in [1.165, 1.54) is 0 Å². The average molecular weight is 184 g/mol. The van der Waals surface area contributed by atoms with Crippen LogP contribution in [0.4, 0.5) is 0 Å². The van der Waals surface area contributed by atoms with Gasteiger partial charge in [0, 0.05) is 13.0 Å². The summed E-state index contributed by atoms with van der Waals surface area (Å²) in [4.78, 5) is 2.16. The molecular weight excluding hydrogens is 164 g/mol. The van der Waals surface area contributed by atoms with Crippen LogP contribution in [0.3, 0.4) is 0 Å². The molecule has 0 saturated carbocycles. The van der Waals surface area contributed by atoms with Gasteiger partial charge in [-0.3, -0.25) is 5.41 Å². The van der Waals surface area contributed by atoms with E-state index < -0.39 is 0 Å². The third kappa shape index (κ3) is 2.69. The quantitative estimate of drug-likeness (QED) is 0.525. The molecule has 1 fully saturated rings. The van der Waals surface area contributed by atoms with Crippen LogP contribution in [0.25, 0.3) is 0 Å². The van der Waals surface area contributed by atoms with Crippen LogP contribution in [0.1, 0.15) is 33.6 Å². The molecule has 3 heteroatoms. The molecule has 1 saturated heterocycles. The first-order chi connectivity index (χ1) is 6.15. The van der Waals surface area contributed by atoms with Crippen LogP contribution in [-0.4, -0.2) is 36.0 Å². The van der Waals surface area contributed by atoms with Gasteiger partial charge in [-0.05, 0) is 20.3 Å². The second-order valence-corrected chi connectivity index (χ2v) is 3.84. The summed E-state index contributed by atoms with van der Waals surface area (Å²) in [5.41, 5.74) is 0. The number of hydrogen-bond acceptors (Lipinski definition) is 2. The molecule has 2 unspecified atom stereocenters. The van der Waals surface area contributed by atoms with Crippen LogP contribution in [-0.2, 0) is 4.74 Å². The highest BCUT2D eigenvalue weighted by molar-refractivity contribution is 5.79. The van der Waals surface area contributed by atoms with Gasteiger partial charge in [0.1, 0.15) is 0 Å².